The summed E-state index contributed by atoms with van der Waals surface area (Å²) < 4.78 is 5.72. The number of carboxylic acids is 1. The lowest BCUT2D eigenvalue weighted by Gasteiger charge is -2.26. The van der Waals surface area contributed by atoms with Crippen LogP contribution in [0.4, 0.5) is 0 Å². The maximum absolute atomic E-state index is 13.6. The third kappa shape index (κ3) is 4.06. The lowest BCUT2D eigenvalue weighted by molar-refractivity contribution is -0.130. The van der Waals surface area contributed by atoms with Crippen molar-refractivity contribution in [3.8, 4) is 0 Å². The monoisotopic (exact) mass is 487 g/mol. The summed E-state index contributed by atoms with van der Waals surface area (Å²) in [5, 5.41) is 21.1. The van der Waals surface area contributed by atoms with Crippen LogP contribution in [0.3, 0.4) is 0 Å². The lowest BCUT2D eigenvalue weighted by Crippen LogP contribution is -2.30. The fourth-order valence-electron chi connectivity index (χ4n) is 4.24. The van der Waals surface area contributed by atoms with Crippen LogP contribution in [0.15, 0.2) is 94.6 Å². The maximum Gasteiger partial charge on any atom is 0.335 e. The van der Waals surface area contributed by atoms with Crippen molar-refractivity contribution in [2.75, 3.05) is 0 Å². The van der Waals surface area contributed by atoms with Gasteiger partial charge in [-0.25, -0.2) is 4.79 Å². The normalized spacial score (nSPS) is 15.7. The number of aliphatic hydroxyl groups excluding tert-OH is 1. The van der Waals surface area contributed by atoms with Crippen LogP contribution in [0.25, 0.3) is 11.0 Å². The second-order valence-electron chi connectivity index (χ2n) is 8.13. The number of carboxylic acid groups (broad SMARTS) is 1. The van der Waals surface area contributed by atoms with Gasteiger partial charge in [0.05, 0.1) is 17.2 Å². The highest BCUT2D eigenvalue weighted by Crippen LogP contribution is 2.40. The van der Waals surface area contributed by atoms with Crippen molar-refractivity contribution in [3.05, 3.63) is 118 Å². The number of hydrogen-bond donors (Lipinski definition) is 2. The Labute approximate surface area is 204 Å². The van der Waals surface area contributed by atoms with Gasteiger partial charge in [-0.1, -0.05) is 54.1 Å². The fraction of sp³-hybridized carbons (Fsp3) is 0.0741. The number of halogens is 1. The molecule has 174 valence electrons. The molecule has 0 bridgehead atoms. The standard InChI is InChI=1S/C27H18ClNO6/c28-19-10-11-20-18(12-19)13-21(35-20)24(30)22-23(16-4-2-1-3-5-16)29(26(32)25(22)31)14-15-6-8-17(9-7-15)27(33)34/h1-13,23,31H,14H2,(H,33,34). The van der Waals surface area contributed by atoms with Gasteiger partial charge in [-0.3, -0.25) is 9.59 Å². The average Bonchev–Trinajstić information content (AvgIpc) is 3.38. The first-order valence-electron chi connectivity index (χ1n) is 10.7. The van der Waals surface area contributed by atoms with Gasteiger partial charge in [-0.15, -0.1) is 0 Å². The molecule has 0 radical (unpaired) electrons. The molecule has 7 nitrogen and oxygen atoms in total. The van der Waals surface area contributed by atoms with Gasteiger partial charge in [-0.05, 0) is 47.5 Å². The molecule has 1 unspecified atom stereocenters. The van der Waals surface area contributed by atoms with E-state index in [0.717, 1.165) is 0 Å². The van der Waals surface area contributed by atoms with Crippen molar-refractivity contribution in [3.63, 3.8) is 0 Å². The minimum atomic E-state index is -1.06. The van der Waals surface area contributed by atoms with E-state index >= 15 is 0 Å². The third-order valence-electron chi connectivity index (χ3n) is 5.92. The zero-order chi connectivity index (χ0) is 24.7. The molecule has 0 saturated carbocycles. The zero-order valence-corrected chi connectivity index (χ0v) is 18.9. The summed E-state index contributed by atoms with van der Waals surface area (Å²) in [5.41, 5.74) is 1.75. The number of aliphatic hydroxyl groups is 1. The second-order valence-corrected chi connectivity index (χ2v) is 8.57. The number of hydrogen-bond acceptors (Lipinski definition) is 5. The van der Waals surface area contributed by atoms with Gasteiger partial charge in [0.1, 0.15) is 5.58 Å². The Hall–Kier alpha value is -4.36. The van der Waals surface area contributed by atoms with Crippen molar-refractivity contribution in [1.29, 1.82) is 0 Å². The Morgan fingerprint density at radius 1 is 0.971 bits per heavy atom. The molecule has 5 rings (SSSR count). The van der Waals surface area contributed by atoms with Crippen molar-refractivity contribution in [1.82, 2.24) is 4.90 Å². The highest BCUT2D eigenvalue weighted by Gasteiger charge is 2.44. The van der Waals surface area contributed by atoms with E-state index in [-0.39, 0.29) is 23.4 Å². The Balaban J connectivity index is 1.55. The van der Waals surface area contributed by atoms with Crippen LogP contribution in [0, 0.1) is 0 Å². The van der Waals surface area contributed by atoms with E-state index in [1.165, 1.54) is 23.1 Å². The second kappa shape index (κ2) is 8.77. The Kier molecular flexibility index (Phi) is 5.62. The molecule has 2 heterocycles. The number of nitrogens with zero attached hydrogens (tertiary/aromatic N) is 1. The molecule has 0 fully saturated rings. The van der Waals surface area contributed by atoms with Gasteiger partial charge in [-0.2, -0.15) is 0 Å². The van der Waals surface area contributed by atoms with Crippen LogP contribution in [0.1, 0.15) is 38.1 Å². The number of aromatic carboxylic acids is 1. The summed E-state index contributed by atoms with van der Waals surface area (Å²) in [7, 11) is 0. The molecule has 2 N–H and O–H groups in total. The largest absolute Gasteiger partial charge is 0.503 e. The highest BCUT2D eigenvalue weighted by molar-refractivity contribution is 6.31. The summed E-state index contributed by atoms with van der Waals surface area (Å²) in [6, 6.07) is 20.6. The zero-order valence-electron chi connectivity index (χ0n) is 18.1. The molecule has 3 aromatic carbocycles. The number of benzene rings is 3. The molecule has 4 aromatic rings. The van der Waals surface area contributed by atoms with Crippen LogP contribution in [0.2, 0.25) is 5.02 Å². The quantitative estimate of drug-likeness (QED) is 0.344. The molecule has 1 aliphatic heterocycles. The van der Waals surface area contributed by atoms with Gasteiger partial charge in [0, 0.05) is 17.0 Å². The number of Topliss-reactive ketones (excluding diaryl/α,β-unsaturated/α-hetero) is 1. The van der Waals surface area contributed by atoms with Gasteiger partial charge >= 0.3 is 5.97 Å². The van der Waals surface area contributed by atoms with Crippen LogP contribution in [0.5, 0.6) is 0 Å². The van der Waals surface area contributed by atoms with Crippen molar-refractivity contribution in [2.45, 2.75) is 12.6 Å². The SMILES string of the molecule is O=C(O)c1ccc(CN2C(=O)C(O)=C(C(=O)c3cc4cc(Cl)ccc4o3)C2c2ccccc2)cc1. The predicted octanol–water partition coefficient (Wildman–Crippen LogP) is 5.56. The van der Waals surface area contributed by atoms with Crippen LogP contribution < -0.4 is 0 Å². The molecular weight excluding hydrogens is 470 g/mol. The van der Waals surface area contributed by atoms with Crippen molar-refractivity contribution in [2.24, 2.45) is 0 Å². The fourth-order valence-corrected chi connectivity index (χ4v) is 4.42. The number of carbonyl (C=O) groups excluding carboxylic acids is 2. The Morgan fingerprint density at radius 2 is 1.69 bits per heavy atom. The molecule has 1 amide bonds. The molecule has 0 saturated heterocycles. The smallest absolute Gasteiger partial charge is 0.335 e. The Bertz CT molecular complexity index is 1500. The molecule has 8 heteroatoms. The summed E-state index contributed by atoms with van der Waals surface area (Å²) in [4.78, 5) is 39.3. The number of rotatable bonds is 6. The van der Waals surface area contributed by atoms with E-state index in [9.17, 15) is 19.5 Å². The van der Waals surface area contributed by atoms with Crippen molar-refractivity contribution >= 4 is 40.2 Å². The highest BCUT2D eigenvalue weighted by atomic mass is 35.5. The molecule has 1 atom stereocenters. The maximum atomic E-state index is 13.6. The molecule has 0 aliphatic carbocycles. The number of ketones is 1. The number of amides is 1. The molecule has 35 heavy (non-hydrogen) atoms. The van der Waals surface area contributed by atoms with E-state index in [0.29, 0.717) is 27.1 Å². The summed E-state index contributed by atoms with van der Waals surface area (Å²) in [5.74, 6) is -3.05. The topological polar surface area (TPSA) is 108 Å². The van der Waals surface area contributed by atoms with Crippen molar-refractivity contribution < 1.29 is 29.0 Å². The van der Waals surface area contributed by atoms with E-state index in [1.807, 2.05) is 6.07 Å². The van der Waals surface area contributed by atoms with E-state index in [1.54, 1.807) is 54.6 Å². The minimum absolute atomic E-state index is 0.0230. The van der Waals surface area contributed by atoms with Crippen LogP contribution in [-0.2, 0) is 11.3 Å². The number of carbonyl (C=O) groups is 3. The molecule has 0 spiro atoms. The first-order valence-corrected chi connectivity index (χ1v) is 11.1. The number of furan rings is 1. The summed E-state index contributed by atoms with van der Waals surface area (Å²) in [6.45, 7) is 0.0505. The van der Waals surface area contributed by atoms with Crippen LogP contribution in [-0.4, -0.2) is 32.8 Å². The van der Waals surface area contributed by atoms with E-state index in [2.05, 4.69) is 0 Å². The average molecular weight is 488 g/mol. The Morgan fingerprint density at radius 3 is 2.37 bits per heavy atom. The minimum Gasteiger partial charge on any atom is -0.503 e. The first-order chi connectivity index (χ1) is 16.8. The van der Waals surface area contributed by atoms with Gasteiger partial charge < -0.3 is 19.5 Å². The molecule has 1 aromatic heterocycles. The van der Waals surface area contributed by atoms with E-state index < -0.39 is 29.5 Å². The van der Waals surface area contributed by atoms with Gasteiger partial charge in [0.2, 0.25) is 5.78 Å². The predicted molar refractivity (Wildman–Crippen MR) is 128 cm³/mol. The number of fused-ring (bicyclic) bond motifs is 1. The summed E-state index contributed by atoms with van der Waals surface area (Å²) in [6.07, 6.45) is 0. The van der Waals surface area contributed by atoms with Crippen LogP contribution >= 0.6 is 11.6 Å². The first kappa shape index (κ1) is 22.4. The van der Waals surface area contributed by atoms with Gasteiger partial charge in [0.15, 0.2) is 11.5 Å². The third-order valence-corrected chi connectivity index (χ3v) is 6.15. The lowest BCUT2D eigenvalue weighted by atomic mass is 9.95. The molecular formula is C27H18ClNO6. The summed E-state index contributed by atoms with van der Waals surface area (Å²) >= 11 is 6.04. The van der Waals surface area contributed by atoms with E-state index in [4.69, 9.17) is 21.1 Å². The van der Waals surface area contributed by atoms with Gasteiger partial charge in [0.25, 0.3) is 5.91 Å². The molecule has 1 aliphatic rings.